The zero-order chi connectivity index (χ0) is 28.4. The molecular weight excluding hydrogens is 506 g/mol. The predicted octanol–water partition coefficient (Wildman–Crippen LogP) is 4.63. The number of hydrogen-bond donors (Lipinski definition) is 1. The number of anilines is 1. The lowest BCUT2D eigenvalue weighted by atomic mass is 9.98. The van der Waals surface area contributed by atoms with Crippen LogP contribution in [-0.4, -0.2) is 46.6 Å². The highest BCUT2D eigenvalue weighted by atomic mass is 16.5. The smallest absolute Gasteiger partial charge is 0.249 e. The zero-order valence-corrected chi connectivity index (χ0v) is 23.6. The second-order valence-corrected chi connectivity index (χ2v) is 11.0. The second-order valence-electron chi connectivity index (χ2n) is 11.0. The van der Waals surface area contributed by atoms with Crippen LogP contribution in [0, 0.1) is 0 Å². The highest BCUT2D eigenvalue weighted by molar-refractivity contribution is 6.02. The number of nitrogens with one attached hydrogen (secondary N) is 1. The van der Waals surface area contributed by atoms with Crippen molar-refractivity contribution >= 4 is 28.5 Å². The molecule has 0 unspecified atom stereocenters. The van der Waals surface area contributed by atoms with E-state index in [0.717, 1.165) is 24.8 Å². The number of para-hydroxylation sites is 2. The van der Waals surface area contributed by atoms with Crippen molar-refractivity contribution in [3.8, 4) is 11.5 Å². The summed E-state index contributed by atoms with van der Waals surface area (Å²) in [6.07, 6.45) is 3.00. The molecule has 1 aliphatic carbocycles. The molecule has 5 rings (SSSR count). The lowest BCUT2D eigenvalue weighted by molar-refractivity contribution is -0.128. The van der Waals surface area contributed by atoms with Gasteiger partial charge in [0.05, 0.1) is 19.7 Å². The molecule has 0 spiro atoms. The molecule has 1 aromatic heterocycles. The van der Waals surface area contributed by atoms with Crippen LogP contribution in [0.3, 0.4) is 0 Å². The van der Waals surface area contributed by atoms with Crippen molar-refractivity contribution in [1.82, 2.24) is 20.3 Å². The molecule has 0 aliphatic heterocycles. The van der Waals surface area contributed by atoms with E-state index in [2.05, 4.69) is 21.7 Å². The molecule has 4 aromatic rings. The van der Waals surface area contributed by atoms with Gasteiger partial charge in [0.2, 0.25) is 11.8 Å². The van der Waals surface area contributed by atoms with Crippen molar-refractivity contribution in [3.05, 3.63) is 77.4 Å². The van der Waals surface area contributed by atoms with Gasteiger partial charge in [-0.3, -0.25) is 14.5 Å². The first kappa shape index (κ1) is 27.2. The number of amides is 2. The van der Waals surface area contributed by atoms with Crippen LogP contribution in [0.2, 0.25) is 0 Å². The largest absolute Gasteiger partial charge is 0.493 e. The number of aryl methyl sites for hydroxylation is 2. The number of aromatic nitrogens is 3. The van der Waals surface area contributed by atoms with E-state index in [1.807, 2.05) is 57.2 Å². The molecule has 1 N–H and O–H groups in total. The van der Waals surface area contributed by atoms with Gasteiger partial charge in [-0.25, -0.2) is 4.68 Å². The van der Waals surface area contributed by atoms with E-state index >= 15 is 0 Å². The minimum atomic E-state index is -1.05. The van der Waals surface area contributed by atoms with Crippen LogP contribution in [0.15, 0.2) is 60.7 Å². The summed E-state index contributed by atoms with van der Waals surface area (Å²) in [6.45, 7) is 5.62. The van der Waals surface area contributed by atoms with Gasteiger partial charge in [0.15, 0.2) is 11.5 Å². The molecule has 40 heavy (non-hydrogen) atoms. The highest BCUT2D eigenvalue weighted by Gasteiger charge is 2.37. The van der Waals surface area contributed by atoms with Crippen LogP contribution in [0.1, 0.15) is 49.9 Å². The van der Waals surface area contributed by atoms with Gasteiger partial charge in [-0.05, 0) is 81.5 Å². The number of ether oxygens (including phenoxy) is 2. The normalized spacial score (nSPS) is 13.5. The third-order valence-electron chi connectivity index (χ3n) is 7.07. The first-order valence-corrected chi connectivity index (χ1v) is 13.4. The van der Waals surface area contributed by atoms with E-state index < -0.39 is 11.6 Å². The Kier molecular flexibility index (Phi) is 7.47. The van der Waals surface area contributed by atoms with Crippen LogP contribution in [0.5, 0.6) is 11.5 Å². The van der Waals surface area contributed by atoms with Gasteiger partial charge in [0.1, 0.15) is 18.1 Å². The summed E-state index contributed by atoms with van der Waals surface area (Å²) < 4.78 is 12.9. The molecule has 2 amide bonds. The molecule has 9 nitrogen and oxygen atoms in total. The average molecular weight is 542 g/mol. The Morgan fingerprint density at radius 2 is 1.77 bits per heavy atom. The summed E-state index contributed by atoms with van der Waals surface area (Å²) in [7, 11) is 3.08. The number of benzene rings is 3. The van der Waals surface area contributed by atoms with Crippen molar-refractivity contribution in [2.45, 2.75) is 58.2 Å². The van der Waals surface area contributed by atoms with E-state index in [-0.39, 0.29) is 18.4 Å². The Bertz CT molecular complexity index is 1560. The van der Waals surface area contributed by atoms with Crippen molar-refractivity contribution in [3.63, 3.8) is 0 Å². The van der Waals surface area contributed by atoms with E-state index in [1.165, 1.54) is 18.2 Å². The fourth-order valence-corrected chi connectivity index (χ4v) is 5.35. The van der Waals surface area contributed by atoms with Crippen LogP contribution in [-0.2, 0) is 29.0 Å². The molecule has 9 heteroatoms. The Labute approximate surface area is 234 Å². The molecule has 3 aromatic carbocycles. The van der Waals surface area contributed by atoms with E-state index in [0.29, 0.717) is 28.3 Å². The second kappa shape index (κ2) is 11.0. The number of carbonyl (C=O) groups is 2. The number of carbonyl (C=O) groups excluding carboxylic acids is 2. The van der Waals surface area contributed by atoms with Crippen molar-refractivity contribution in [1.29, 1.82) is 0 Å². The van der Waals surface area contributed by atoms with Gasteiger partial charge in [-0.2, -0.15) is 0 Å². The average Bonchev–Trinajstić information content (AvgIpc) is 3.56. The van der Waals surface area contributed by atoms with Gasteiger partial charge < -0.3 is 14.8 Å². The SMILES string of the molecule is COc1cccc([C@@H](C(=O)NC(C)(C)C)N(C(=O)Cn2nnc3ccccc32)c2ccc3c(c2)CCC3)c1OC. The fourth-order valence-electron chi connectivity index (χ4n) is 5.35. The van der Waals surface area contributed by atoms with Gasteiger partial charge in [-0.1, -0.05) is 35.5 Å². The Hall–Kier alpha value is -4.40. The van der Waals surface area contributed by atoms with Gasteiger partial charge in [-0.15, -0.1) is 5.10 Å². The molecule has 1 heterocycles. The molecular formula is C31H35N5O4. The number of fused-ring (bicyclic) bond motifs is 2. The zero-order valence-electron chi connectivity index (χ0n) is 23.6. The maximum absolute atomic E-state index is 14.4. The molecule has 0 bridgehead atoms. The van der Waals surface area contributed by atoms with Crippen molar-refractivity contribution < 1.29 is 19.1 Å². The van der Waals surface area contributed by atoms with E-state index in [1.54, 1.807) is 34.9 Å². The summed E-state index contributed by atoms with van der Waals surface area (Å²) in [5.74, 6) is 0.213. The van der Waals surface area contributed by atoms with Crippen molar-refractivity contribution in [2.75, 3.05) is 19.1 Å². The Morgan fingerprint density at radius 1 is 1.00 bits per heavy atom. The quantitative estimate of drug-likeness (QED) is 0.349. The fraction of sp³-hybridized carbons (Fsp3) is 0.355. The third kappa shape index (κ3) is 5.36. The van der Waals surface area contributed by atoms with Crippen LogP contribution in [0.4, 0.5) is 5.69 Å². The molecule has 208 valence electrons. The Balaban J connectivity index is 1.68. The van der Waals surface area contributed by atoms with Crippen LogP contribution in [0.25, 0.3) is 11.0 Å². The minimum absolute atomic E-state index is 0.108. The monoisotopic (exact) mass is 541 g/mol. The Morgan fingerprint density at radius 3 is 2.52 bits per heavy atom. The number of methoxy groups -OCH3 is 2. The molecule has 1 aliphatic rings. The topological polar surface area (TPSA) is 98.6 Å². The van der Waals surface area contributed by atoms with Crippen LogP contribution < -0.4 is 19.7 Å². The molecule has 0 saturated heterocycles. The summed E-state index contributed by atoms with van der Waals surface area (Å²) >= 11 is 0. The first-order valence-electron chi connectivity index (χ1n) is 13.4. The lowest BCUT2D eigenvalue weighted by Crippen LogP contribution is -2.50. The van der Waals surface area contributed by atoms with Crippen molar-refractivity contribution in [2.24, 2.45) is 0 Å². The summed E-state index contributed by atoms with van der Waals surface area (Å²) in [5.41, 5.74) is 4.49. The molecule has 1 atom stereocenters. The third-order valence-corrected chi connectivity index (χ3v) is 7.07. The van der Waals surface area contributed by atoms with Gasteiger partial charge in [0, 0.05) is 16.8 Å². The molecule has 0 fully saturated rings. The van der Waals surface area contributed by atoms with Crippen LogP contribution >= 0.6 is 0 Å². The number of nitrogens with zero attached hydrogens (tertiary/aromatic N) is 4. The lowest BCUT2D eigenvalue weighted by Gasteiger charge is -2.34. The number of hydrogen-bond acceptors (Lipinski definition) is 6. The summed E-state index contributed by atoms with van der Waals surface area (Å²) in [4.78, 5) is 30.1. The van der Waals surface area contributed by atoms with E-state index in [4.69, 9.17) is 9.47 Å². The summed E-state index contributed by atoms with van der Waals surface area (Å²) in [6, 6.07) is 17.8. The summed E-state index contributed by atoms with van der Waals surface area (Å²) in [5, 5.41) is 11.5. The van der Waals surface area contributed by atoms with E-state index in [9.17, 15) is 9.59 Å². The first-order chi connectivity index (χ1) is 19.2. The minimum Gasteiger partial charge on any atom is -0.493 e. The number of rotatable bonds is 8. The predicted molar refractivity (Wildman–Crippen MR) is 154 cm³/mol. The standard InChI is InChI=1S/C31H35N5O4/c1-31(2,3)32-30(38)28(23-12-9-15-26(39-4)29(23)40-5)36(22-17-16-20-10-8-11-21(20)18-22)27(37)19-35-25-14-7-6-13-24(25)33-34-35/h6-7,9,12-18,28H,8,10-11,19H2,1-5H3,(H,32,38)/t28-/m0/s1. The van der Waals surface area contributed by atoms with Gasteiger partial charge >= 0.3 is 0 Å². The maximum Gasteiger partial charge on any atom is 0.249 e. The maximum atomic E-state index is 14.4. The molecule has 0 radical (unpaired) electrons. The highest BCUT2D eigenvalue weighted by Crippen LogP contribution is 2.40. The van der Waals surface area contributed by atoms with Gasteiger partial charge in [0.25, 0.3) is 0 Å². The molecule has 0 saturated carbocycles.